The molecule has 1 aromatic heterocycles. The number of ketones is 1. The van der Waals surface area contributed by atoms with Gasteiger partial charge < -0.3 is 9.88 Å². The zero-order valence-electron chi connectivity index (χ0n) is 15.3. The topological polar surface area (TPSA) is 39.3 Å². The van der Waals surface area contributed by atoms with Gasteiger partial charge >= 0.3 is 0 Å². The molecule has 1 N–H and O–H groups in total. The lowest BCUT2D eigenvalue weighted by molar-refractivity contribution is 0.0862. The van der Waals surface area contributed by atoms with E-state index in [4.69, 9.17) is 0 Å². The summed E-state index contributed by atoms with van der Waals surface area (Å²) < 4.78 is 0. The maximum Gasteiger partial charge on any atom is 0.182 e. The Morgan fingerprint density at radius 3 is 2.92 bits per heavy atom. The second kappa shape index (κ2) is 7.08. The number of aryl methyl sites for hydroxylation is 1. The molecule has 0 bridgehead atoms. The number of para-hydroxylation sites is 1. The molecule has 0 unspecified atom stereocenters. The number of nitrogens with one attached hydrogen (secondary N) is 1. The summed E-state index contributed by atoms with van der Waals surface area (Å²) in [5.74, 6) is 0.920. The lowest BCUT2D eigenvalue weighted by Gasteiger charge is -2.24. The SMILES string of the molecule is CCN(C)C[C@@H]1CCN([C@H](C)C(=O)c2c(C)[nH]c3ccccc23)C1. The van der Waals surface area contributed by atoms with Crippen molar-refractivity contribution in [3.05, 3.63) is 35.5 Å². The van der Waals surface area contributed by atoms with E-state index < -0.39 is 0 Å². The normalized spacial score (nSPS) is 20.1. The largest absolute Gasteiger partial charge is 0.358 e. The van der Waals surface area contributed by atoms with Crippen molar-refractivity contribution in [2.24, 2.45) is 5.92 Å². The molecule has 3 rings (SSSR count). The first kappa shape index (κ1) is 17.2. The fraction of sp³-hybridized carbons (Fsp3) is 0.550. The standard InChI is InChI=1S/C20H29N3O/c1-5-22(4)12-16-10-11-23(13-16)15(3)20(24)19-14(2)21-18-9-7-6-8-17(18)19/h6-9,15-16,21H,5,10-13H2,1-4H3/t15-,16+/m1/s1. The molecule has 1 aliphatic heterocycles. The lowest BCUT2D eigenvalue weighted by atomic mass is 10.0. The van der Waals surface area contributed by atoms with Crippen LogP contribution in [0.15, 0.2) is 24.3 Å². The molecule has 0 amide bonds. The highest BCUT2D eigenvalue weighted by Crippen LogP contribution is 2.26. The Morgan fingerprint density at radius 2 is 2.17 bits per heavy atom. The van der Waals surface area contributed by atoms with Crippen molar-refractivity contribution >= 4 is 16.7 Å². The van der Waals surface area contributed by atoms with E-state index in [2.05, 4.69) is 35.7 Å². The highest BCUT2D eigenvalue weighted by atomic mass is 16.1. The van der Waals surface area contributed by atoms with Gasteiger partial charge in [0, 0.05) is 35.2 Å². The Bertz CT molecular complexity index is 721. The van der Waals surface area contributed by atoms with E-state index in [0.717, 1.165) is 48.3 Å². The van der Waals surface area contributed by atoms with Crippen LogP contribution in [-0.2, 0) is 0 Å². The number of Topliss-reactive ketones (excluding diaryl/α,β-unsaturated/α-hetero) is 1. The average Bonchev–Trinajstić information content (AvgIpc) is 3.16. The van der Waals surface area contributed by atoms with Crippen LogP contribution in [0.25, 0.3) is 10.9 Å². The average molecular weight is 327 g/mol. The monoisotopic (exact) mass is 327 g/mol. The van der Waals surface area contributed by atoms with Gasteiger partial charge in [0.25, 0.3) is 0 Å². The van der Waals surface area contributed by atoms with Crippen molar-refractivity contribution in [2.75, 3.05) is 33.2 Å². The van der Waals surface area contributed by atoms with Gasteiger partial charge in [0.2, 0.25) is 0 Å². The number of hydrogen-bond donors (Lipinski definition) is 1. The molecule has 4 nitrogen and oxygen atoms in total. The number of fused-ring (bicyclic) bond motifs is 1. The van der Waals surface area contributed by atoms with Crippen LogP contribution in [0.5, 0.6) is 0 Å². The van der Waals surface area contributed by atoms with E-state index in [1.165, 1.54) is 6.42 Å². The molecule has 0 saturated carbocycles. The van der Waals surface area contributed by atoms with Crippen molar-refractivity contribution in [1.29, 1.82) is 0 Å². The molecule has 1 aromatic carbocycles. The van der Waals surface area contributed by atoms with Crippen LogP contribution < -0.4 is 0 Å². The third kappa shape index (κ3) is 3.26. The first-order chi connectivity index (χ1) is 11.5. The molecule has 1 fully saturated rings. The van der Waals surface area contributed by atoms with Gasteiger partial charge in [-0.05, 0) is 52.4 Å². The Balaban J connectivity index is 1.74. The van der Waals surface area contributed by atoms with Crippen molar-refractivity contribution in [2.45, 2.75) is 33.2 Å². The van der Waals surface area contributed by atoms with Crippen molar-refractivity contribution in [1.82, 2.24) is 14.8 Å². The number of aromatic amines is 1. The molecule has 4 heteroatoms. The molecule has 0 radical (unpaired) electrons. The third-order valence-electron chi connectivity index (χ3n) is 5.49. The van der Waals surface area contributed by atoms with E-state index in [0.29, 0.717) is 5.92 Å². The zero-order chi connectivity index (χ0) is 17.3. The molecule has 0 spiro atoms. The Morgan fingerprint density at radius 1 is 1.42 bits per heavy atom. The first-order valence-electron chi connectivity index (χ1n) is 9.05. The van der Waals surface area contributed by atoms with Crippen LogP contribution in [-0.4, -0.2) is 59.8 Å². The number of aromatic nitrogens is 1. The minimum atomic E-state index is -0.0557. The summed E-state index contributed by atoms with van der Waals surface area (Å²) in [5.41, 5.74) is 2.90. The molecular formula is C20H29N3O. The quantitative estimate of drug-likeness (QED) is 0.827. The molecule has 1 aliphatic rings. The minimum absolute atomic E-state index is 0.0557. The van der Waals surface area contributed by atoms with Gasteiger partial charge in [-0.3, -0.25) is 9.69 Å². The second-order valence-electron chi connectivity index (χ2n) is 7.22. The predicted molar refractivity (Wildman–Crippen MR) is 99.7 cm³/mol. The maximum absolute atomic E-state index is 13.1. The summed E-state index contributed by atoms with van der Waals surface area (Å²) >= 11 is 0. The van der Waals surface area contributed by atoms with E-state index in [1.807, 2.05) is 31.2 Å². The van der Waals surface area contributed by atoms with Crippen LogP contribution >= 0.6 is 0 Å². The van der Waals surface area contributed by atoms with Gasteiger partial charge in [-0.15, -0.1) is 0 Å². The number of likely N-dealkylation sites (tertiary alicyclic amines) is 1. The summed E-state index contributed by atoms with van der Waals surface area (Å²) in [4.78, 5) is 21.2. The summed E-state index contributed by atoms with van der Waals surface area (Å²) in [6.07, 6.45) is 1.19. The third-order valence-corrected chi connectivity index (χ3v) is 5.49. The van der Waals surface area contributed by atoms with Crippen LogP contribution in [0.4, 0.5) is 0 Å². The van der Waals surface area contributed by atoms with Gasteiger partial charge in [0.05, 0.1) is 6.04 Å². The van der Waals surface area contributed by atoms with Gasteiger partial charge in [0.1, 0.15) is 0 Å². The van der Waals surface area contributed by atoms with Crippen LogP contribution in [0.3, 0.4) is 0 Å². The molecule has 2 heterocycles. The smallest absolute Gasteiger partial charge is 0.182 e. The van der Waals surface area contributed by atoms with Crippen molar-refractivity contribution in [3.8, 4) is 0 Å². The molecular weight excluding hydrogens is 298 g/mol. The maximum atomic E-state index is 13.1. The van der Waals surface area contributed by atoms with Crippen molar-refractivity contribution < 1.29 is 4.79 Å². The van der Waals surface area contributed by atoms with E-state index in [1.54, 1.807) is 0 Å². The second-order valence-corrected chi connectivity index (χ2v) is 7.22. The number of nitrogens with zero attached hydrogens (tertiary/aromatic N) is 2. The summed E-state index contributed by atoms with van der Waals surface area (Å²) in [6, 6.07) is 8.03. The first-order valence-corrected chi connectivity index (χ1v) is 9.05. The zero-order valence-corrected chi connectivity index (χ0v) is 15.3. The number of carbonyl (C=O) groups is 1. The van der Waals surface area contributed by atoms with Gasteiger partial charge in [0.15, 0.2) is 5.78 Å². The van der Waals surface area contributed by atoms with Crippen LogP contribution in [0, 0.1) is 12.8 Å². The summed E-state index contributed by atoms with van der Waals surface area (Å²) in [6.45, 7) is 10.5. The van der Waals surface area contributed by atoms with E-state index in [-0.39, 0.29) is 11.8 Å². The molecule has 130 valence electrons. The van der Waals surface area contributed by atoms with E-state index >= 15 is 0 Å². The molecule has 2 atom stereocenters. The molecule has 24 heavy (non-hydrogen) atoms. The van der Waals surface area contributed by atoms with E-state index in [9.17, 15) is 4.79 Å². The summed E-state index contributed by atoms with van der Waals surface area (Å²) in [7, 11) is 2.17. The Kier molecular flexibility index (Phi) is 5.07. The Hall–Kier alpha value is -1.65. The number of carbonyl (C=O) groups excluding carboxylic acids is 1. The molecule has 1 saturated heterocycles. The summed E-state index contributed by atoms with van der Waals surface area (Å²) in [5, 5.41) is 1.05. The predicted octanol–water partition coefficient (Wildman–Crippen LogP) is 3.32. The van der Waals surface area contributed by atoms with Crippen LogP contribution in [0.1, 0.15) is 36.3 Å². The number of H-pyrrole nitrogens is 1. The number of benzene rings is 1. The Labute approximate surface area is 144 Å². The highest BCUT2D eigenvalue weighted by molar-refractivity contribution is 6.11. The van der Waals surface area contributed by atoms with Crippen LogP contribution in [0.2, 0.25) is 0 Å². The lowest BCUT2D eigenvalue weighted by Crippen LogP contribution is -2.38. The molecule has 0 aliphatic carbocycles. The van der Waals surface area contributed by atoms with Gasteiger partial charge in [-0.1, -0.05) is 25.1 Å². The number of hydrogen-bond acceptors (Lipinski definition) is 3. The highest BCUT2D eigenvalue weighted by Gasteiger charge is 2.31. The number of rotatable bonds is 6. The van der Waals surface area contributed by atoms with Gasteiger partial charge in [-0.25, -0.2) is 0 Å². The minimum Gasteiger partial charge on any atom is -0.358 e. The van der Waals surface area contributed by atoms with Gasteiger partial charge in [-0.2, -0.15) is 0 Å². The fourth-order valence-electron chi connectivity index (χ4n) is 3.90. The molecule has 2 aromatic rings. The van der Waals surface area contributed by atoms with Crippen molar-refractivity contribution in [3.63, 3.8) is 0 Å². The fourth-order valence-corrected chi connectivity index (χ4v) is 3.90.